The fourth-order valence-corrected chi connectivity index (χ4v) is 6.48. The monoisotopic (exact) mass is 617 g/mol. The molecule has 230 valence electrons. The maximum atomic E-state index is 13.8. The number of nitrogens with one attached hydrogen (secondary N) is 1. The Balaban J connectivity index is 1.40. The molecule has 1 atom stereocenters. The summed E-state index contributed by atoms with van der Waals surface area (Å²) in [6.07, 6.45) is -5.78. The molecule has 42 heavy (non-hydrogen) atoms. The van der Waals surface area contributed by atoms with Crippen molar-refractivity contribution < 1.29 is 50.5 Å². The van der Waals surface area contributed by atoms with E-state index in [1.807, 2.05) is 13.8 Å². The Hall–Kier alpha value is -3.27. The highest BCUT2D eigenvalue weighted by Crippen LogP contribution is 2.34. The van der Waals surface area contributed by atoms with Gasteiger partial charge in [0.25, 0.3) is 5.91 Å². The molecule has 0 aliphatic carbocycles. The third kappa shape index (κ3) is 7.19. The van der Waals surface area contributed by atoms with Gasteiger partial charge in [0.2, 0.25) is 10.0 Å². The standard InChI is InChI=1S/C27H31F4N3O7S/c1-16-11-20(40-15-19(36)14-35)12-17(2)21(16)5-10-42(38,39)34-8-6-26(7-9-34)25(37)32-24(33-26)18-3-4-22(28)23(13-18)41-27(29,30)31/h3-4,11-13,19,35-36H,5-10,14-15H2,1-2H3,(H,32,33,37). The van der Waals surface area contributed by atoms with Crippen LogP contribution in [-0.4, -0.2) is 84.7 Å². The first-order chi connectivity index (χ1) is 19.6. The van der Waals surface area contributed by atoms with Gasteiger partial charge in [-0.15, -0.1) is 13.2 Å². The molecule has 3 N–H and O–H groups in total. The maximum Gasteiger partial charge on any atom is 0.573 e. The van der Waals surface area contributed by atoms with Crippen molar-refractivity contribution in [2.24, 2.45) is 4.99 Å². The van der Waals surface area contributed by atoms with Crippen LogP contribution in [-0.2, 0) is 21.2 Å². The van der Waals surface area contributed by atoms with Gasteiger partial charge in [-0.1, -0.05) is 0 Å². The van der Waals surface area contributed by atoms with E-state index in [4.69, 9.17) is 9.84 Å². The first-order valence-electron chi connectivity index (χ1n) is 13.1. The van der Waals surface area contributed by atoms with Crippen LogP contribution in [0.2, 0.25) is 0 Å². The normalized spacial score (nSPS) is 18.1. The van der Waals surface area contributed by atoms with E-state index in [-0.39, 0.29) is 56.1 Å². The second kappa shape index (κ2) is 12.1. The Morgan fingerprint density at radius 1 is 1.14 bits per heavy atom. The molecule has 2 aromatic carbocycles. The summed E-state index contributed by atoms with van der Waals surface area (Å²) < 4.78 is 88.6. The highest BCUT2D eigenvalue weighted by Gasteiger charge is 2.47. The molecule has 1 amide bonds. The lowest BCUT2D eigenvalue weighted by Crippen LogP contribution is -2.50. The Morgan fingerprint density at radius 2 is 1.79 bits per heavy atom. The number of sulfonamides is 1. The molecule has 2 aromatic rings. The molecule has 4 rings (SSSR count). The number of carbonyl (C=O) groups excluding carboxylic acids is 1. The van der Waals surface area contributed by atoms with Crippen molar-refractivity contribution in [3.05, 3.63) is 58.4 Å². The Bertz CT molecular complexity index is 1450. The molecule has 2 aliphatic heterocycles. The number of aliphatic hydroxyl groups excluding tert-OH is 2. The number of amides is 1. The molecule has 1 unspecified atom stereocenters. The second-order valence-electron chi connectivity index (χ2n) is 10.3. The summed E-state index contributed by atoms with van der Waals surface area (Å²) in [4.78, 5) is 17.3. The number of alkyl halides is 3. The minimum atomic E-state index is -5.11. The molecule has 0 saturated carbocycles. The van der Waals surface area contributed by atoms with Gasteiger partial charge in [0.05, 0.1) is 12.4 Å². The van der Waals surface area contributed by atoms with Gasteiger partial charge in [-0.2, -0.15) is 0 Å². The van der Waals surface area contributed by atoms with Crippen molar-refractivity contribution in [3.8, 4) is 11.5 Å². The predicted molar refractivity (Wildman–Crippen MR) is 143 cm³/mol. The summed E-state index contributed by atoms with van der Waals surface area (Å²) in [5.41, 5.74) is 1.17. The summed E-state index contributed by atoms with van der Waals surface area (Å²) in [7, 11) is -3.71. The quantitative estimate of drug-likeness (QED) is 0.348. The van der Waals surface area contributed by atoms with Crippen LogP contribution in [0.3, 0.4) is 0 Å². The van der Waals surface area contributed by atoms with Crippen LogP contribution >= 0.6 is 0 Å². The SMILES string of the molecule is Cc1cc(OCC(O)CO)cc(C)c1CCS(=O)(=O)N1CCC2(CC1)N=C(c1ccc(F)c(OC(F)(F)F)c1)NC2=O. The first-order valence-corrected chi connectivity index (χ1v) is 14.7. The zero-order valence-corrected chi connectivity index (χ0v) is 23.7. The average Bonchev–Trinajstić information content (AvgIpc) is 3.22. The molecule has 1 spiro atoms. The zero-order chi connectivity index (χ0) is 30.9. The molecule has 1 saturated heterocycles. The number of aliphatic imine (C=N–C) groups is 1. The molecule has 15 heteroatoms. The summed E-state index contributed by atoms with van der Waals surface area (Å²) >= 11 is 0. The minimum absolute atomic E-state index is 0.0102. The van der Waals surface area contributed by atoms with E-state index in [1.165, 1.54) is 4.31 Å². The van der Waals surface area contributed by atoms with Gasteiger partial charge in [0.1, 0.15) is 29.8 Å². The van der Waals surface area contributed by atoms with Gasteiger partial charge < -0.3 is 25.0 Å². The van der Waals surface area contributed by atoms with E-state index in [9.17, 15) is 35.9 Å². The third-order valence-corrected chi connectivity index (χ3v) is 9.16. The number of ether oxygens (including phenoxy) is 2. The Kier molecular flexibility index (Phi) is 9.16. The summed E-state index contributed by atoms with van der Waals surface area (Å²) in [6.45, 7) is 3.15. The van der Waals surface area contributed by atoms with E-state index >= 15 is 0 Å². The van der Waals surface area contributed by atoms with Crippen molar-refractivity contribution in [1.29, 1.82) is 0 Å². The van der Waals surface area contributed by atoms with Crippen molar-refractivity contribution >= 4 is 21.8 Å². The number of benzene rings is 2. The van der Waals surface area contributed by atoms with E-state index in [0.29, 0.717) is 5.75 Å². The third-order valence-electron chi connectivity index (χ3n) is 7.29. The predicted octanol–water partition coefficient (Wildman–Crippen LogP) is 2.36. The number of halogens is 4. The van der Waals surface area contributed by atoms with Gasteiger partial charge in [0, 0.05) is 18.7 Å². The minimum Gasteiger partial charge on any atom is -0.491 e. The lowest BCUT2D eigenvalue weighted by molar-refractivity contribution is -0.275. The number of hydrogen-bond acceptors (Lipinski definition) is 8. The van der Waals surface area contributed by atoms with Gasteiger partial charge in [-0.05, 0) is 80.1 Å². The highest BCUT2D eigenvalue weighted by molar-refractivity contribution is 7.89. The lowest BCUT2D eigenvalue weighted by Gasteiger charge is -2.34. The van der Waals surface area contributed by atoms with Crippen LogP contribution in [0, 0.1) is 19.7 Å². The van der Waals surface area contributed by atoms with Crippen LogP contribution in [0.4, 0.5) is 17.6 Å². The van der Waals surface area contributed by atoms with Gasteiger partial charge in [-0.3, -0.25) is 9.79 Å². The average molecular weight is 618 g/mol. The smallest absolute Gasteiger partial charge is 0.491 e. The molecule has 1 fully saturated rings. The largest absolute Gasteiger partial charge is 0.573 e. The Morgan fingerprint density at radius 3 is 2.38 bits per heavy atom. The molecule has 2 aliphatic rings. The van der Waals surface area contributed by atoms with Crippen molar-refractivity contribution in [2.75, 3.05) is 32.1 Å². The lowest BCUT2D eigenvalue weighted by atomic mass is 9.89. The van der Waals surface area contributed by atoms with E-state index in [1.54, 1.807) is 12.1 Å². The maximum absolute atomic E-state index is 13.8. The molecule has 0 aromatic heterocycles. The number of piperidine rings is 1. The van der Waals surface area contributed by atoms with E-state index in [0.717, 1.165) is 34.9 Å². The van der Waals surface area contributed by atoms with Crippen LogP contribution in [0.15, 0.2) is 35.3 Å². The molecule has 2 heterocycles. The Labute approximate surface area is 240 Å². The van der Waals surface area contributed by atoms with Crippen LogP contribution in [0.5, 0.6) is 11.5 Å². The topological polar surface area (TPSA) is 138 Å². The summed E-state index contributed by atoms with van der Waals surface area (Å²) in [5, 5.41) is 20.9. The second-order valence-corrected chi connectivity index (χ2v) is 12.4. The van der Waals surface area contributed by atoms with Gasteiger partial charge >= 0.3 is 6.36 Å². The van der Waals surface area contributed by atoms with Crippen molar-refractivity contribution in [3.63, 3.8) is 0 Å². The number of nitrogens with zero attached hydrogens (tertiary/aromatic N) is 2. The molecule has 0 bridgehead atoms. The molecular weight excluding hydrogens is 586 g/mol. The van der Waals surface area contributed by atoms with E-state index < -0.39 is 52.1 Å². The molecule has 10 nitrogen and oxygen atoms in total. The van der Waals surface area contributed by atoms with Crippen molar-refractivity contribution in [1.82, 2.24) is 9.62 Å². The highest BCUT2D eigenvalue weighted by atomic mass is 32.2. The van der Waals surface area contributed by atoms with Gasteiger partial charge in [0.15, 0.2) is 11.6 Å². The van der Waals surface area contributed by atoms with Gasteiger partial charge in [-0.25, -0.2) is 17.1 Å². The molecular formula is C27H31F4N3O7S. The number of aryl methyl sites for hydroxylation is 2. The number of amidine groups is 1. The first kappa shape index (κ1) is 31.7. The number of aliphatic hydroxyl groups is 2. The fourth-order valence-electron chi connectivity index (χ4n) is 5.02. The summed E-state index contributed by atoms with van der Waals surface area (Å²) in [6, 6.07) is 6.20. The summed E-state index contributed by atoms with van der Waals surface area (Å²) in [5.74, 6) is -2.55. The fraction of sp³-hybridized carbons (Fsp3) is 0.481. The zero-order valence-electron chi connectivity index (χ0n) is 22.9. The van der Waals surface area contributed by atoms with E-state index in [2.05, 4.69) is 15.0 Å². The van der Waals surface area contributed by atoms with Crippen LogP contribution in [0.1, 0.15) is 35.1 Å². The number of rotatable bonds is 10. The van der Waals surface area contributed by atoms with Crippen LogP contribution in [0.25, 0.3) is 0 Å². The number of carbonyl (C=O) groups is 1. The number of hydrogen-bond donors (Lipinski definition) is 3. The van der Waals surface area contributed by atoms with Crippen molar-refractivity contribution in [2.45, 2.75) is 51.1 Å². The molecule has 0 radical (unpaired) electrons. The van der Waals surface area contributed by atoms with Crippen LogP contribution < -0.4 is 14.8 Å².